The number of hydrogen-bond acceptors (Lipinski definition) is 2. The molecule has 3 nitrogen and oxygen atoms in total. The smallest absolute Gasteiger partial charge is 0.254 e. The van der Waals surface area contributed by atoms with E-state index in [-0.39, 0.29) is 5.91 Å². The highest BCUT2D eigenvalue weighted by Crippen LogP contribution is 2.41. The summed E-state index contributed by atoms with van der Waals surface area (Å²) in [5, 5.41) is 0. The van der Waals surface area contributed by atoms with Gasteiger partial charge < -0.3 is 10.6 Å². The quantitative estimate of drug-likeness (QED) is 0.904. The number of nitrogens with two attached hydrogens (primary N) is 1. The zero-order valence-electron chi connectivity index (χ0n) is 11.3. The van der Waals surface area contributed by atoms with E-state index in [9.17, 15) is 4.79 Å². The third kappa shape index (κ3) is 2.39. The first kappa shape index (κ1) is 12.7. The van der Waals surface area contributed by atoms with Gasteiger partial charge in [-0.2, -0.15) is 0 Å². The first-order valence-electron chi connectivity index (χ1n) is 7.35. The summed E-state index contributed by atoms with van der Waals surface area (Å²) in [5.74, 6) is 1.62. The average Bonchev–Trinajstić information content (AvgIpc) is 2.80. The van der Waals surface area contributed by atoms with Gasteiger partial charge in [0.25, 0.3) is 5.91 Å². The molecule has 0 radical (unpaired) electrons. The van der Waals surface area contributed by atoms with Gasteiger partial charge in [-0.05, 0) is 56.2 Å². The molecule has 1 aliphatic heterocycles. The third-order valence-corrected chi connectivity index (χ3v) is 4.80. The highest BCUT2D eigenvalue weighted by molar-refractivity contribution is 5.94. The first-order valence-corrected chi connectivity index (χ1v) is 7.35. The maximum absolute atomic E-state index is 12.6. The third-order valence-electron chi connectivity index (χ3n) is 4.80. The number of carbonyl (C=O) groups excluding carboxylic acids is 1. The number of likely N-dealkylation sites (tertiary alicyclic amines) is 1. The molecule has 1 aromatic carbocycles. The molecule has 3 heteroatoms. The van der Waals surface area contributed by atoms with Crippen LogP contribution < -0.4 is 5.73 Å². The summed E-state index contributed by atoms with van der Waals surface area (Å²) >= 11 is 0. The molecule has 102 valence electrons. The molecule has 1 aliphatic carbocycles. The molecule has 3 unspecified atom stereocenters. The van der Waals surface area contributed by atoms with Gasteiger partial charge in [-0.1, -0.05) is 18.2 Å². The van der Waals surface area contributed by atoms with Gasteiger partial charge in [-0.15, -0.1) is 0 Å². The van der Waals surface area contributed by atoms with Gasteiger partial charge in [0.2, 0.25) is 0 Å². The molecule has 1 saturated heterocycles. The van der Waals surface area contributed by atoms with Crippen LogP contribution in [0, 0.1) is 11.8 Å². The Kier molecular flexibility index (Phi) is 3.56. The van der Waals surface area contributed by atoms with E-state index < -0.39 is 0 Å². The van der Waals surface area contributed by atoms with Crippen molar-refractivity contribution >= 4 is 5.91 Å². The molecule has 1 saturated carbocycles. The monoisotopic (exact) mass is 258 g/mol. The number of fused-ring (bicyclic) bond motifs is 2. The SMILES string of the molecule is NCCC1CCC2CC1CN2C(=O)c1ccccc1. The van der Waals surface area contributed by atoms with E-state index in [2.05, 4.69) is 4.90 Å². The van der Waals surface area contributed by atoms with Crippen LogP contribution in [0.25, 0.3) is 0 Å². The van der Waals surface area contributed by atoms with Crippen LogP contribution in [0.1, 0.15) is 36.0 Å². The fourth-order valence-electron chi connectivity index (χ4n) is 3.80. The molecule has 1 aromatic rings. The lowest BCUT2D eigenvalue weighted by atomic mass is 9.78. The van der Waals surface area contributed by atoms with Crippen LogP contribution in [0.2, 0.25) is 0 Å². The zero-order chi connectivity index (χ0) is 13.2. The first-order chi connectivity index (χ1) is 9.29. The fourth-order valence-corrected chi connectivity index (χ4v) is 3.80. The molecular formula is C16H22N2O. The van der Waals surface area contributed by atoms with Crippen molar-refractivity contribution in [3.8, 4) is 0 Å². The van der Waals surface area contributed by atoms with E-state index in [1.54, 1.807) is 0 Å². The van der Waals surface area contributed by atoms with E-state index in [1.165, 1.54) is 12.8 Å². The Morgan fingerprint density at radius 3 is 2.79 bits per heavy atom. The van der Waals surface area contributed by atoms with Gasteiger partial charge >= 0.3 is 0 Å². The summed E-state index contributed by atoms with van der Waals surface area (Å²) in [4.78, 5) is 14.7. The molecule has 2 aliphatic rings. The fraction of sp³-hybridized carbons (Fsp3) is 0.562. The van der Waals surface area contributed by atoms with Crippen molar-refractivity contribution in [1.82, 2.24) is 4.90 Å². The van der Waals surface area contributed by atoms with Gasteiger partial charge in [-0.3, -0.25) is 4.79 Å². The minimum atomic E-state index is 0.210. The topological polar surface area (TPSA) is 46.3 Å². The summed E-state index contributed by atoms with van der Waals surface area (Å²) in [5.41, 5.74) is 6.52. The molecule has 1 heterocycles. The van der Waals surface area contributed by atoms with Crippen LogP contribution in [-0.2, 0) is 0 Å². The number of rotatable bonds is 3. The zero-order valence-corrected chi connectivity index (χ0v) is 11.3. The Morgan fingerprint density at radius 1 is 1.26 bits per heavy atom. The van der Waals surface area contributed by atoms with E-state index in [0.29, 0.717) is 12.0 Å². The molecule has 0 spiro atoms. The number of hydrogen-bond donors (Lipinski definition) is 1. The Labute approximate surface area is 114 Å². The van der Waals surface area contributed by atoms with Crippen LogP contribution in [0.4, 0.5) is 0 Å². The number of amides is 1. The highest BCUT2D eigenvalue weighted by atomic mass is 16.2. The molecular weight excluding hydrogens is 236 g/mol. The molecule has 2 N–H and O–H groups in total. The standard InChI is InChI=1S/C16H22N2O/c17-9-8-12-6-7-15-10-14(12)11-18(15)16(19)13-4-2-1-3-5-13/h1-5,12,14-15H,6-11,17H2. The summed E-state index contributed by atoms with van der Waals surface area (Å²) in [6, 6.07) is 10.1. The Morgan fingerprint density at radius 2 is 2.05 bits per heavy atom. The van der Waals surface area contributed by atoms with Crippen molar-refractivity contribution in [2.75, 3.05) is 13.1 Å². The molecule has 3 atom stereocenters. The lowest BCUT2D eigenvalue weighted by Gasteiger charge is -2.28. The van der Waals surface area contributed by atoms with Crippen molar-refractivity contribution < 1.29 is 4.79 Å². The minimum Gasteiger partial charge on any atom is -0.335 e. The lowest BCUT2D eigenvalue weighted by molar-refractivity contribution is 0.0733. The second kappa shape index (κ2) is 5.33. The summed E-state index contributed by atoms with van der Waals surface area (Å²) in [6.45, 7) is 1.71. The molecule has 0 aromatic heterocycles. The predicted molar refractivity (Wildman–Crippen MR) is 75.8 cm³/mol. The van der Waals surface area contributed by atoms with E-state index in [0.717, 1.165) is 37.4 Å². The van der Waals surface area contributed by atoms with E-state index in [4.69, 9.17) is 5.73 Å². The summed E-state index contributed by atoms with van der Waals surface area (Å²) < 4.78 is 0. The van der Waals surface area contributed by atoms with Crippen molar-refractivity contribution in [2.24, 2.45) is 17.6 Å². The second-order valence-electron chi connectivity index (χ2n) is 5.89. The van der Waals surface area contributed by atoms with E-state index in [1.807, 2.05) is 30.3 Å². The molecule has 2 fully saturated rings. The Bertz CT molecular complexity index is 445. The minimum absolute atomic E-state index is 0.210. The number of benzene rings is 1. The highest BCUT2D eigenvalue weighted by Gasteiger charge is 2.42. The predicted octanol–water partition coefficient (Wildman–Crippen LogP) is 2.28. The van der Waals surface area contributed by atoms with E-state index >= 15 is 0 Å². The molecule has 3 rings (SSSR count). The van der Waals surface area contributed by atoms with Crippen molar-refractivity contribution in [3.63, 3.8) is 0 Å². The van der Waals surface area contributed by atoms with Gasteiger partial charge in [0.15, 0.2) is 0 Å². The lowest BCUT2D eigenvalue weighted by Crippen LogP contribution is -2.35. The van der Waals surface area contributed by atoms with Crippen LogP contribution in [-0.4, -0.2) is 29.9 Å². The van der Waals surface area contributed by atoms with Crippen LogP contribution in [0.5, 0.6) is 0 Å². The van der Waals surface area contributed by atoms with Crippen molar-refractivity contribution in [2.45, 2.75) is 31.7 Å². The van der Waals surface area contributed by atoms with Gasteiger partial charge in [0, 0.05) is 18.2 Å². The number of carbonyl (C=O) groups is 1. The molecule has 2 bridgehead atoms. The maximum Gasteiger partial charge on any atom is 0.254 e. The van der Waals surface area contributed by atoms with Crippen LogP contribution in [0.3, 0.4) is 0 Å². The van der Waals surface area contributed by atoms with Crippen LogP contribution in [0.15, 0.2) is 30.3 Å². The molecule has 19 heavy (non-hydrogen) atoms. The number of nitrogens with zero attached hydrogens (tertiary/aromatic N) is 1. The normalized spacial score (nSPS) is 29.5. The molecule has 1 amide bonds. The maximum atomic E-state index is 12.6. The van der Waals surface area contributed by atoms with Gasteiger partial charge in [0.05, 0.1) is 0 Å². The largest absolute Gasteiger partial charge is 0.335 e. The van der Waals surface area contributed by atoms with Gasteiger partial charge in [-0.25, -0.2) is 0 Å². The summed E-state index contributed by atoms with van der Waals surface area (Å²) in [6.07, 6.45) is 4.69. The average molecular weight is 258 g/mol. The van der Waals surface area contributed by atoms with Crippen molar-refractivity contribution in [1.29, 1.82) is 0 Å². The van der Waals surface area contributed by atoms with Gasteiger partial charge in [0.1, 0.15) is 0 Å². The van der Waals surface area contributed by atoms with Crippen molar-refractivity contribution in [3.05, 3.63) is 35.9 Å². The van der Waals surface area contributed by atoms with Crippen LogP contribution >= 0.6 is 0 Å². The summed E-state index contributed by atoms with van der Waals surface area (Å²) in [7, 11) is 0. The Balaban J connectivity index is 1.73. The second-order valence-corrected chi connectivity index (χ2v) is 5.89. The Hall–Kier alpha value is -1.35.